The van der Waals surface area contributed by atoms with E-state index in [0.29, 0.717) is 12.4 Å². The third-order valence-electron chi connectivity index (χ3n) is 3.81. The van der Waals surface area contributed by atoms with Crippen molar-refractivity contribution in [2.45, 2.75) is 24.8 Å². The highest BCUT2D eigenvalue weighted by atomic mass is 32.2. The van der Waals surface area contributed by atoms with Gasteiger partial charge in [0, 0.05) is 5.75 Å². The van der Waals surface area contributed by atoms with Crippen LogP contribution in [0.2, 0.25) is 0 Å². The van der Waals surface area contributed by atoms with Gasteiger partial charge in [-0.3, -0.25) is 0 Å². The van der Waals surface area contributed by atoms with Gasteiger partial charge in [-0.15, -0.1) is 10.2 Å². The highest BCUT2D eigenvalue weighted by Crippen LogP contribution is 2.27. The lowest BCUT2D eigenvalue weighted by molar-refractivity contribution is 0.311. The van der Waals surface area contributed by atoms with E-state index in [1.807, 2.05) is 25.1 Å². The van der Waals surface area contributed by atoms with E-state index in [4.69, 9.17) is 9.47 Å². The first-order valence-corrected chi connectivity index (χ1v) is 9.61. The summed E-state index contributed by atoms with van der Waals surface area (Å²) < 4.78 is 12.6. The van der Waals surface area contributed by atoms with Gasteiger partial charge in [0.25, 0.3) is 0 Å². The van der Waals surface area contributed by atoms with Gasteiger partial charge in [0.05, 0.1) is 19.9 Å². The minimum absolute atomic E-state index is 0.589. The number of aryl methyl sites for hydroxylation is 1. The minimum Gasteiger partial charge on any atom is -0.493 e. The molecule has 0 aliphatic heterocycles. The first-order chi connectivity index (χ1) is 13.2. The van der Waals surface area contributed by atoms with Crippen molar-refractivity contribution in [2.24, 2.45) is 5.10 Å². The maximum absolute atomic E-state index is 5.54. The maximum atomic E-state index is 5.54. The topological polar surface area (TPSA) is 61.5 Å². The van der Waals surface area contributed by atoms with Gasteiger partial charge in [-0.2, -0.15) is 9.78 Å². The van der Waals surface area contributed by atoms with Crippen LogP contribution < -0.4 is 9.47 Å². The number of hydrogen-bond donors (Lipinski definition) is 0. The van der Waals surface area contributed by atoms with Crippen molar-refractivity contribution in [3.63, 3.8) is 0 Å². The molecular formula is C20H22N4O2S. The molecule has 3 aromatic rings. The fourth-order valence-corrected chi connectivity index (χ4v) is 3.21. The Hall–Kier alpha value is -2.80. The molecule has 0 aliphatic carbocycles. The smallest absolute Gasteiger partial charge is 0.212 e. The lowest BCUT2D eigenvalue weighted by Crippen LogP contribution is -1.97. The average Bonchev–Trinajstić information content (AvgIpc) is 3.14. The van der Waals surface area contributed by atoms with Crippen LogP contribution in [0, 0.1) is 6.92 Å². The number of ether oxygens (including phenoxy) is 2. The van der Waals surface area contributed by atoms with Gasteiger partial charge in [0.2, 0.25) is 5.16 Å². The predicted molar refractivity (Wildman–Crippen MR) is 108 cm³/mol. The summed E-state index contributed by atoms with van der Waals surface area (Å²) in [6.45, 7) is 4.61. The molecule has 7 heteroatoms. The molecule has 2 aromatic carbocycles. The number of hydrogen-bond acceptors (Lipinski definition) is 6. The van der Waals surface area contributed by atoms with E-state index in [9.17, 15) is 0 Å². The molecule has 3 rings (SSSR count). The molecule has 0 N–H and O–H groups in total. The molecule has 0 amide bonds. The van der Waals surface area contributed by atoms with Crippen LogP contribution in [0.1, 0.15) is 23.6 Å². The van der Waals surface area contributed by atoms with E-state index in [1.165, 1.54) is 11.1 Å². The Balaban J connectivity index is 1.69. The highest BCUT2D eigenvalue weighted by molar-refractivity contribution is 7.98. The third kappa shape index (κ3) is 5.10. The maximum Gasteiger partial charge on any atom is 0.212 e. The Morgan fingerprint density at radius 1 is 1.15 bits per heavy atom. The summed E-state index contributed by atoms with van der Waals surface area (Å²) in [6.07, 6.45) is 3.34. The molecule has 0 aliphatic rings. The quantitative estimate of drug-likeness (QED) is 0.432. The summed E-state index contributed by atoms with van der Waals surface area (Å²) in [5.41, 5.74) is 3.39. The summed E-state index contributed by atoms with van der Waals surface area (Å²) >= 11 is 1.60. The van der Waals surface area contributed by atoms with Crippen molar-refractivity contribution >= 4 is 18.0 Å². The Labute approximate surface area is 163 Å². The van der Waals surface area contributed by atoms with Crippen LogP contribution in [0.5, 0.6) is 11.5 Å². The van der Waals surface area contributed by atoms with E-state index in [1.54, 1.807) is 36.1 Å². The van der Waals surface area contributed by atoms with Gasteiger partial charge in [-0.25, -0.2) is 0 Å². The monoisotopic (exact) mass is 382 g/mol. The normalized spacial score (nSPS) is 11.1. The van der Waals surface area contributed by atoms with Crippen molar-refractivity contribution in [3.8, 4) is 11.5 Å². The summed E-state index contributed by atoms with van der Waals surface area (Å²) in [5, 5.41) is 13.3. The molecule has 6 nitrogen and oxygen atoms in total. The zero-order valence-electron chi connectivity index (χ0n) is 15.6. The van der Waals surface area contributed by atoms with Crippen LogP contribution >= 0.6 is 11.8 Å². The number of thioether (sulfide) groups is 1. The Bertz CT molecular complexity index is 907. The van der Waals surface area contributed by atoms with E-state index in [2.05, 4.69) is 46.5 Å². The second kappa shape index (κ2) is 9.23. The zero-order valence-corrected chi connectivity index (χ0v) is 16.4. The molecule has 140 valence electrons. The molecule has 0 atom stereocenters. The molecule has 0 radical (unpaired) electrons. The molecule has 1 aromatic heterocycles. The number of rotatable bonds is 8. The van der Waals surface area contributed by atoms with Crippen LogP contribution in [-0.2, 0) is 5.75 Å². The SMILES string of the molecule is CCOc1ccc(/C=N/n2cnnc2SCc2ccc(C)cc2)cc1OC. The molecule has 0 saturated carbocycles. The van der Waals surface area contributed by atoms with Crippen molar-refractivity contribution in [2.75, 3.05) is 13.7 Å². The predicted octanol–water partition coefficient (Wildman–Crippen LogP) is 4.17. The molecule has 0 unspecified atom stereocenters. The Morgan fingerprint density at radius 2 is 1.96 bits per heavy atom. The first-order valence-electron chi connectivity index (χ1n) is 8.63. The van der Waals surface area contributed by atoms with Gasteiger partial charge in [0.1, 0.15) is 6.33 Å². The van der Waals surface area contributed by atoms with Crippen LogP contribution in [0.4, 0.5) is 0 Å². The van der Waals surface area contributed by atoms with E-state index >= 15 is 0 Å². The Kier molecular flexibility index (Phi) is 6.49. The van der Waals surface area contributed by atoms with Gasteiger partial charge in [0.15, 0.2) is 11.5 Å². The van der Waals surface area contributed by atoms with Crippen LogP contribution in [0.25, 0.3) is 0 Å². The van der Waals surface area contributed by atoms with Gasteiger partial charge in [-0.1, -0.05) is 41.6 Å². The van der Waals surface area contributed by atoms with Gasteiger partial charge >= 0.3 is 0 Å². The van der Waals surface area contributed by atoms with E-state index in [-0.39, 0.29) is 0 Å². The fraction of sp³-hybridized carbons (Fsp3) is 0.250. The summed E-state index contributed by atoms with van der Waals surface area (Å²) in [6, 6.07) is 14.2. The fourth-order valence-electron chi connectivity index (χ4n) is 2.39. The number of aromatic nitrogens is 3. The highest BCUT2D eigenvalue weighted by Gasteiger charge is 2.06. The average molecular weight is 382 g/mol. The molecule has 0 bridgehead atoms. The molecule has 0 spiro atoms. The van der Waals surface area contributed by atoms with E-state index < -0.39 is 0 Å². The van der Waals surface area contributed by atoms with Crippen LogP contribution in [0.15, 0.2) is 59.0 Å². The number of nitrogens with zero attached hydrogens (tertiary/aromatic N) is 4. The Morgan fingerprint density at radius 3 is 2.70 bits per heavy atom. The molecule has 0 saturated heterocycles. The molecular weight excluding hydrogens is 360 g/mol. The largest absolute Gasteiger partial charge is 0.493 e. The van der Waals surface area contributed by atoms with Crippen molar-refractivity contribution in [1.82, 2.24) is 14.9 Å². The summed E-state index contributed by atoms with van der Waals surface area (Å²) in [4.78, 5) is 0. The van der Waals surface area contributed by atoms with Crippen LogP contribution in [0.3, 0.4) is 0 Å². The standard InChI is InChI=1S/C20H22N4O2S/c1-4-26-18-10-9-17(11-19(18)25-3)12-22-24-14-21-23-20(24)27-13-16-7-5-15(2)6-8-16/h5-12,14H,4,13H2,1-3H3/b22-12+. The van der Waals surface area contributed by atoms with Gasteiger partial charge in [-0.05, 0) is 43.2 Å². The number of benzene rings is 2. The van der Waals surface area contributed by atoms with Crippen molar-refractivity contribution < 1.29 is 9.47 Å². The second-order valence-corrected chi connectivity index (χ2v) is 6.76. The summed E-state index contributed by atoms with van der Waals surface area (Å²) in [5.74, 6) is 2.21. The van der Waals surface area contributed by atoms with E-state index in [0.717, 1.165) is 22.2 Å². The van der Waals surface area contributed by atoms with Crippen molar-refractivity contribution in [1.29, 1.82) is 0 Å². The van der Waals surface area contributed by atoms with Crippen molar-refractivity contribution in [3.05, 3.63) is 65.5 Å². The molecule has 1 heterocycles. The van der Waals surface area contributed by atoms with Gasteiger partial charge < -0.3 is 9.47 Å². The minimum atomic E-state index is 0.589. The lowest BCUT2D eigenvalue weighted by atomic mass is 10.2. The molecule has 27 heavy (non-hydrogen) atoms. The van der Waals surface area contributed by atoms with Crippen LogP contribution in [-0.4, -0.2) is 34.8 Å². The molecule has 0 fully saturated rings. The zero-order chi connectivity index (χ0) is 19.1. The third-order valence-corrected chi connectivity index (χ3v) is 4.81. The first kappa shape index (κ1) is 19.0. The summed E-state index contributed by atoms with van der Waals surface area (Å²) in [7, 11) is 1.62. The number of methoxy groups -OCH3 is 1. The second-order valence-electron chi connectivity index (χ2n) is 5.82. The lowest BCUT2D eigenvalue weighted by Gasteiger charge is -2.09.